The van der Waals surface area contributed by atoms with E-state index in [1.807, 2.05) is 37.3 Å². The van der Waals surface area contributed by atoms with Crippen molar-refractivity contribution in [3.8, 4) is 11.5 Å². The van der Waals surface area contributed by atoms with Gasteiger partial charge in [-0.15, -0.1) is 0 Å². The molecule has 1 aromatic carbocycles. The number of pyridine rings is 1. The van der Waals surface area contributed by atoms with E-state index >= 15 is 0 Å². The highest BCUT2D eigenvalue weighted by atomic mass is 79.9. The van der Waals surface area contributed by atoms with E-state index in [0.717, 1.165) is 16.5 Å². The van der Waals surface area contributed by atoms with Crippen molar-refractivity contribution in [2.75, 3.05) is 0 Å². The summed E-state index contributed by atoms with van der Waals surface area (Å²) in [6.45, 7) is 2.02. The molecule has 6 heteroatoms. The zero-order chi connectivity index (χ0) is 14.3. The number of hydrogen-bond acceptors (Lipinski definition) is 3. The molecular weight excluding hydrogens is 361 g/mol. The van der Waals surface area contributed by atoms with E-state index in [1.165, 1.54) is 0 Å². The highest BCUT2D eigenvalue weighted by Crippen LogP contribution is 2.30. The van der Waals surface area contributed by atoms with Gasteiger partial charge in [0.1, 0.15) is 16.0 Å². The maximum Gasteiger partial charge on any atom is 0.181 e. The Morgan fingerprint density at radius 3 is 2.35 bits per heavy atom. The second-order valence-corrected chi connectivity index (χ2v) is 5.79. The van der Waals surface area contributed by atoms with Gasteiger partial charge in [-0.2, -0.15) is 0 Å². The van der Waals surface area contributed by atoms with Crippen molar-refractivity contribution in [2.24, 2.45) is 0 Å². The van der Waals surface area contributed by atoms with Crippen LogP contribution in [0.4, 0.5) is 0 Å². The number of benzene rings is 1. The SMILES string of the molecule is Cc1cc(-c2nc(Cl)c(Br)c(Cl)n2)nc2ccccc12. The molecule has 0 aliphatic carbocycles. The largest absolute Gasteiger partial charge is 0.244 e. The topological polar surface area (TPSA) is 38.7 Å². The van der Waals surface area contributed by atoms with Crippen LogP contribution in [-0.4, -0.2) is 15.0 Å². The Labute approximate surface area is 134 Å². The third-order valence-corrected chi connectivity index (χ3v) is 4.68. The minimum absolute atomic E-state index is 0.271. The van der Waals surface area contributed by atoms with Crippen LogP contribution in [0.3, 0.4) is 0 Å². The van der Waals surface area contributed by atoms with Gasteiger partial charge >= 0.3 is 0 Å². The van der Waals surface area contributed by atoms with Gasteiger partial charge in [-0.05, 0) is 40.5 Å². The quantitative estimate of drug-likeness (QED) is 0.563. The van der Waals surface area contributed by atoms with Gasteiger partial charge in [0, 0.05) is 5.39 Å². The first-order valence-corrected chi connectivity index (χ1v) is 7.36. The first-order chi connectivity index (χ1) is 9.56. The second kappa shape index (κ2) is 5.28. The minimum Gasteiger partial charge on any atom is -0.244 e. The number of para-hydroxylation sites is 1. The fourth-order valence-corrected chi connectivity index (χ4v) is 2.54. The molecule has 0 aliphatic rings. The molecule has 2 aromatic heterocycles. The van der Waals surface area contributed by atoms with Gasteiger partial charge in [0.2, 0.25) is 0 Å². The predicted octanol–water partition coefficient (Wildman–Crippen LogP) is 5.07. The first kappa shape index (κ1) is 13.7. The summed E-state index contributed by atoms with van der Waals surface area (Å²) in [5.41, 5.74) is 2.64. The molecular formula is C14H8BrCl2N3. The van der Waals surface area contributed by atoms with E-state index in [4.69, 9.17) is 23.2 Å². The maximum atomic E-state index is 6.02. The Hall–Kier alpha value is -1.23. The Morgan fingerprint density at radius 1 is 1.00 bits per heavy atom. The van der Waals surface area contributed by atoms with Gasteiger partial charge in [-0.1, -0.05) is 41.4 Å². The van der Waals surface area contributed by atoms with E-state index in [2.05, 4.69) is 30.9 Å². The van der Waals surface area contributed by atoms with E-state index in [1.54, 1.807) is 0 Å². The lowest BCUT2D eigenvalue weighted by Gasteiger charge is -2.07. The standard InChI is InChI=1S/C14H8BrCl2N3/c1-7-6-10(18-9-5-3-2-4-8(7)9)14-19-12(16)11(15)13(17)20-14/h2-6H,1H3. The summed E-state index contributed by atoms with van der Waals surface area (Å²) >= 11 is 15.3. The zero-order valence-electron chi connectivity index (χ0n) is 10.4. The minimum atomic E-state index is 0.271. The van der Waals surface area contributed by atoms with Gasteiger partial charge in [0.25, 0.3) is 0 Å². The zero-order valence-corrected chi connectivity index (χ0v) is 13.5. The van der Waals surface area contributed by atoms with Gasteiger partial charge in [-0.25, -0.2) is 15.0 Å². The molecule has 0 saturated carbocycles. The molecule has 0 amide bonds. The van der Waals surface area contributed by atoms with Crippen molar-refractivity contribution in [2.45, 2.75) is 6.92 Å². The summed E-state index contributed by atoms with van der Waals surface area (Å²) in [6.07, 6.45) is 0. The molecule has 2 heterocycles. The number of rotatable bonds is 1. The molecule has 0 bridgehead atoms. The lowest BCUT2D eigenvalue weighted by molar-refractivity contribution is 1.13. The van der Waals surface area contributed by atoms with Crippen molar-refractivity contribution < 1.29 is 0 Å². The van der Waals surface area contributed by atoms with Gasteiger partial charge < -0.3 is 0 Å². The van der Waals surface area contributed by atoms with Crippen LogP contribution < -0.4 is 0 Å². The molecule has 0 spiro atoms. The number of aryl methyl sites for hydroxylation is 1. The highest BCUT2D eigenvalue weighted by Gasteiger charge is 2.12. The molecule has 0 fully saturated rings. The summed E-state index contributed by atoms with van der Waals surface area (Å²) in [5.74, 6) is 0.414. The molecule has 20 heavy (non-hydrogen) atoms. The van der Waals surface area contributed by atoms with Crippen molar-refractivity contribution >= 4 is 50.0 Å². The number of fused-ring (bicyclic) bond motifs is 1. The monoisotopic (exact) mass is 367 g/mol. The number of aromatic nitrogens is 3. The van der Waals surface area contributed by atoms with Crippen LogP contribution in [-0.2, 0) is 0 Å². The lowest BCUT2D eigenvalue weighted by atomic mass is 10.1. The van der Waals surface area contributed by atoms with Gasteiger partial charge in [0.15, 0.2) is 5.82 Å². The molecule has 0 N–H and O–H groups in total. The van der Waals surface area contributed by atoms with Crippen LogP contribution in [0.5, 0.6) is 0 Å². The Kier molecular flexibility index (Phi) is 3.63. The fraction of sp³-hybridized carbons (Fsp3) is 0.0714. The van der Waals surface area contributed by atoms with E-state index in [9.17, 15) is 0 Å². The van der Waals surface area contributed by atoms with Crippen LogP contribution in [0.1, 0.15) is 5.56 Å². The first-order valence-electron chi connectivity index (χ1n) is 5.81. The lowest BCUT2D eigenvalue weighted by Crippen LogP contribution is -1.96. The van der Waals surface area contributed by atoms with Crippen molar-refractivity contribution in [3.05, 3.63) is 50.7 Å². The van der Waals surface area contributed by atoms with Crippen LogP contribution in [0.25, 0.3) is 22.4 Å². The molecule has 100 valence electrons. The predicted molar refractivity (Wildman–Crippen MR) is 85.2 cm³/mol. The second-order valence-electron chi connectivity index (χ2n) is 4.28. The van der Waals surface area contributed by atoms with Crippen LogP contribution in [0.15, 0.2) is 34.8 Å². The molecule has 0 unspecified atom stereocenters. The summed E-state index contributed by atoms with van der Waals surface area (Å²) in [6, 6.07) is 9.84. The van der Waals surface area contributed by atoms with Gasteiger partial charge in [-0.3, -0.25) is 0 Å². The Morgan fingerprint density at radius 2 is 1.65 bits per heavy atom. The fourth-order valence-electron chi connectivity index (χ4n) is 1.97. The summed E-state index contributed by atoms with van der Waals surface area (Å²) < 4.78 is 0.488. The van der Waals surface area contributed by atoms with Crippen molar-refractivity contribution in [1.82, 2.24) is 15.0 Å². The summed E-state index contributed by atoms with van der Waals surface area (Å²) in [4.78, 5) is 13.0. The normalized spacial score (nSPS) is 11.0. The van der Waals surface area contributed by atoms with Crippen LogP contribution >= 0.6 is 39.1 Å². The van der Waals surface area contributed by atoms with Crippen LogP contribution in [0.2, 0.25) is 10.3 Å². The summed E-state index contributed by atoms with van der Waals surface area (Å²) in [7, 11) is 0. The molecule has 3 rings (SSSR count). The molecule has 3 aromatic rings. The average Bonchev–Trinajstić information content (AvgIpc) is 2.44. The molecule has 3 nitrogen and oxygen atoms in total. The van der Waals surface area contributed by atoms with Crippen LogP contribution in [0, 0.1) is 6.92 Å². The van der Waals surface area contributed by atoms with E-state index < -0.39 is 0 Å². The summed E-state index contributed by atoms with van der Waals surface area (Å²) in [5, 5.41) is 1.64. The van der Waals surface area contributed by atoms with E-state index in [-0.39, 0.29) is 10.3 Å². The molecule has 0 saturated heterocycles. The molecule has 0 radical (unpaired) electrons. The third-order valence-electron chi connectivity index (χ3n) is 2.92. The van der Waals surface area contributed by atoms with Crippen molar-refractivity contribution in [1.29, 1.82) is 0 Å². The number of hydrogen-bond donors (Lipinski definition) is 0. The number of halogens is 3. The molecule has 0 atom stereocenters. The van der Waals surface area contributed by atoms with Gasteiger partial charge in [0.05, 0.1) is 9.99 Å². The van der Waals surface area contributed by atoms with E-state index in [0.29, 0.717) is 16.0 Å². The molecule has 0 aliphatic heterocycles. The number of nitrogens with zero attached hydrogens (tertiary/aromatic N) is 3. The third kappa shape index (κ3) is 2.39. The Balaban J connectivity index is 2.25. The Bertz CT molecular complexity index is 798. The maximum absolute atomic E-state index is 6.02. The highest BCUT2D eigenvalue weighted by molar-refractivity contribution is 9.10. The average molecular weight is 369 g/mol. The smallest absolute Gasteiger partial charge is 0.181 e. The van der Waals surface area contributed by atoms with Crippen molar-refractivity contribution in [3.63, 3.8) is 0 Å².